The molecule has 0 heterocycles. The quantitative estimate of drug-likeness (QED) is 0.687. The van der Waals surface area contributed by atoms with Crippen molar-refractivity contribution in [2.24, 2.45) is 0 Å². The molecule has 0 saturated heterocycles. The molecule has 0 aromatic rings. The van der Waals surface area contributed by atoms with Crippen molar-refractivity contribution in [1.29, 1.82) is 0 Å². The van der Waals surface area contributed by atoms with E-state index in [0.717, 1.165) is 4.90 Å². The Kier molecular flexibility index (Phi) is 5.14. The average molecular weight is 242 g/mol. The van der Waals surface area contributed by atoms with E-state index in [2.05, 4.69) is 0 Å². The smallest absolute Gasteiger partial charge is 0.315 e. The molecule has 6 heteroatoms. The number of carbonyl (C=O) groups excluding carboxylic acids is 2. The third kappa shape index (κ3) is 3.12. The van der Waals surface area contributed by atoms with E-state index >= 15 is 0 Å². The Morgan fingerprint density at radius 3 is 2.13 bits per heavy atom. The fourth-order valence-corrected chi connectivity index (χ4v) is 1.59. The third-order valence-electron chi connectivity index (χ3n) is 2.25. The van der Waals surface area contributed by atoms with Gasteiger partial charge in [-0.05, 0) is 20.8 Å². The number of halogens is 3. The standard InChI is InChI=1S/C9H14ClF2NO2/c1-4-13(8(15)7(11)12)9(2,3)6(14)5-10/h7H,4-5H2,1-3H3. The first-order chi connectivity index (χ1) is 6.78. The molecule has 0 aromatic carbocycles. The van der Waals surface area contributed by atoms with E-state index in [1.807, 2.05) is 0 Å². The highest BCUT2D eigenvalue weighted by molar-refractivity contribution is 6.29. The monoisotopic (exact) mass is 241 g/mol. The molecular weight excluding hydrogens is 228 g/mol. The number of rotatable bonds is 5. The van der Waals surface area contributed by atoms with Crippen molar-refractivity contribution < 1.29 is 18.4 Å². The van der Waals surface area contributed by atoms with E-state index in [1.165, 1.54) is 20.8 Å². The van der Waals surface area contributed by atoms with Gasteiger partial charge >= 0.3 is 6.43 Å². The van der Waals surface area contributed by atoms with Gasteiger partial charge in [0.05, 0.1) is 11.4 Å². The van der Waals surface area contributed by atoms with Gasteiger partial charge in [0.2, 0.25) is 0 Å². The van der Waals surface area contributed by atoms with Crippen molar-refractivity contribution in [3.8, 4) is 0 Å². The molecule has 0 aliphatic carbocycles. The summed E-state index contributed by atoms with van der Waals surface area (Å²) in [6.45, 7) is 4.38. The van der Waals surface area contributed by atoms with Gasteiger partial charge in [-0.3, -0.25) is 9.59 Å². The van der Waals surface area contributed by atoms with Crippen LogP contribution in [0.4, 0.5) is 8.78 Å². The zero-order chi connectivity index (χ0) is 12.2. The normalized spacial score (nSPS) is 11.7. The molecule has 0 rings (SSSR count). The summed E-state index contributed by atoms with van der Waals surface area (Å²) in [6, 6.07) is 0. The van der Waals surface area contributed by atoms with E-state index in [1.54, 1.807) is 0 Å². The highest BCUT2D eigenvalue weighted by atomic mass is 35.5. The topological polar surface area (TPSA) is 37.4 Å². The summed E-state index contributed by atoms with van der Waals surface area (Å²) >= 11 is 5.35. The molecule has 15 heavy (non-hydrogen) atoms. The molecular formula is C9H14ClF2NO2. The van der Waals surface area contributed by atoms with E-state index in [9.17, 15) is 18.4 Å². The largest absolute Gasteiger partial charge is 0.326 e. The third-order valence-corrected chi connectivity index (χ3v) is 2.49. The summed E-state index contributed by atoms with van der Waals surface area (Å²) in [5.74, 6) is -2.11. The predicted octanol–water partition coefficient (Wildman–Crippen LogP) is 1.69. The van der Waals surface area contributed by atoms with E-state index < -0.39 is 23.7 Å². The van der Waals surface area contributed by atoms with Crippen LogP contribution in [0.5, 0.6) is 0 Å². The lowest BCUT2D eigenvalue weighted by Crippen LogP contribution is -2.55. The minimum Gasteiger partial charge on any atom is -0.326 e. The van der Waals surface area contributed by atoms with Gasteiger partial charge in [-0.1, -0.05) is 0 Å². The molecule has 0 saturated carbocycles. The Bertz CT molecular complexity index is 256. The van der Waals surface area contributed by atoms with Crippen LogP contribution >= 0.6 is 11.6 Å². The maximum Gasteiger partial charge on any atom is 0.315 e. The summed E-state index contributed by atoms with van der Waals surface area (Å²) < 4.78 is 24.5. The number of nitrogens with zero attached hydrogens (tertiary/aromatic N) is 1. The molecule has 0 fully saturated rings. The lowest BCUT2D eigenvalue weighted by atomic mass is 9.97. The Labute approximate surface area is 92.4 Å². The van der Waals surface area contributed by atoms with Gasteiger partial charge in [0.25, 0.3) is 5.91 Å². The number of likely N-dealkylation sites (N-methyl/N-ethyl adjacent to an activating group) is 1. The summed E-state index contributed by atoms with van der Waals surface area (Å²) in [7, 11) is 0. The van der Waals surface area contributed by atoms with Crippen molar-refractivity contribution in [1.82, 2.24) is 4.90 Å². The van der Waals surface area contributed by atoms with E-state index in [4.69, 9.17) is 11.6 Å². The molecule has 88 valence electrons. The second-order valence-corrected chi connectivity index (χ2v) is 3.77. The molecule has 0 bridgehead atoms. The van der Waals surface area contributed by atoms with Crippen LogP contribution < -0.4 is 0 Å². The van der Waals surface area contributed by atoms with E-state index in [-0.39, 0.29) is 12.4 Å². The van der Waals surface area contributed by atoms with Gasteiger partial charge in [0.15, 0.2) is 5.78 Å². The minimum atomic E-state index is -3.10. The van der Waals surface area contributed by atoms with Crippen LogP contribution in [-0.4, -0.2) is 41.0 Å². The van der Waals surface area contributed by atoms with Crippen LogP contribution in [0.2, 0.25) is 0 Å². The van der Waals surface area contributed by atoms with Gasteiger partial charge in [-0.25, -0.2) is 0 Å². The summed E-state index contributed by atoms with van der Waals surface area (Å²) in [5.41, 5.74) is -1.29. The zero-order valence-corrected chi connectivity index (χ0v) is 9.65. The van der Waals surface area contributed by atoms with Crippen LogP contribution in [-0.2, 0) is 9.59 Å². The summed E-state index contributed by atoms with van der Waals surface area (Å²) in [5, 5.41) is 0. The van der Waals surface area contributed by atoms with Crippen molar-refractivity contribution in [3.05, 3.63) is 0 Å². The van der Waals surface area contributed by atoms with Crippen LogP contribution in [0, 0.1) is 0 Å². The molecule has 0 aromatic heterocycles. The highest BCUT2D eigenvalue weighted by Crippen LogP contribution is 2.18. The SMILES string of the molecule is CCN(C(=O)C(F)F)C(C)(C)C(=O)CCl. The number of ketones is 1. The van der Waals surface area contributed by atoms with Gasteiger partial charge < -0.3 is 4.90 Å². The summed E-state index contributed by atoms with van der Waals surface area (Å²) in [4.78, 5) is 23.3. The molecule has 0 spiro atoms. The minimum absolute atomic E-state index is 0.0405. The molecule has 0 radical (unpaired) electrons. The Morgan fingerprint density at radius 1 is 1.40 bits per heavy atom. The lowest BCUT2D eigenvalue weighted by molar-refractivity contribution is -0.152. The number of alkyl halides is 3. The first kappa shape index (κ1) is 14.3. The Morgan fingerprint density at radius 2 is 1.87 bits per heavy atom. The fraction of sp³-hybridized carbons (Fsp3) is 0.778. The molecule has 0 aliphatic heterocycles. The average Bonchev–Trinajstić information content (AvgIpc) is 2.16. The van der Waals surface area contributed by atoms with Gasteiger partial charge in [0, 0.05) is 6.54 Å². The summed E-state index contributed by atoms with van der Waals surface area (Å²) in [6.07, 6.45) is -3.10. The van der Waals surface area contributed by atoms with Crippen molar-refractivity contribution in [3.63, 3.8) is 0 Å². The van der Waals surface area contributed by atoms with Crippen LogP contribution in [0.3, 0.4) is 0 Å². The molecule has 0 N–H and O–H groups in total. The van der Waals surface area contributed by atoms with Crippen molar-refractivity contribution in [2.75, 3.05) is 12.4 Å². The number of amides is 1. The maximum absolute atomic E-state index is 12.2. The zero-order valence-electron chi connectivity index (χ0n) is 8.89. The Hall–Kier alpha value is -0.710. The number of hydrogen-bond acceptors (Lipinski definition) is 2. The van der Waals surface area contributed by atoms with Gasteiger partial charge in [-0.15, -0.1) is 11.6 Å². The van der Waals surface area contributed by atoms with Crippen LogP contribution in [0.25, 0.3) is 0 Å². The molecule has 1 amide bonds. The van der Waals surface area contributed by atoms with Crippen LogP contribution in [0.1, 0.15) is 20.8 Å². The van der Waals surface area contributed by atoms with Gasteiger partial charge in [0.1, 0.15) is 0 Å². The van der Waals surface area contributed by atoms with Gasteiger partial charge in [-0.2, -0.15) is 8.78 Å². The second kappa shape index (κ2) is 5.39. The first-order valence-electron chi connectivity index (χ1n) is 4.47. The highest BCUT2D eigenvalue weighted by Gasteiger charge is 2.38. The molecule has 3 nitrogen and oxygen atoms in total. The lowest BCUT2D eigenvalue weighted by Gasteiger charge is -2.35. The van der Waals surface area contributed by atoms with Crippen LogP contribution in [0.15, 0.2) is 0 Å². The Balaban J connectivity index is 4.96. The number of hydrogen-bond donors (Lipinski definition) is 0. The fourth-order valence-electron chi connectivity index (χ4n) is 1.26. The molecule has 0 aliphatic rings. The van der Waals surface area contributed by atoms with Crippen molar-refractivity contribution in [2.45, 2.75) is 32.7 Å². The second-order valence-electron chi connectivity index (χ2n) is 3.50. The molecule has 0 atom stereocenters. The van der Waals surface area contributed by atoms with Crippen molar-refractivity contribution >= 4 is 23.3 Å². The number of carbonyl (C=O) groups is 2. The predicted molar refractivity (Wildman–Crippen MR) is 53.2 cm³/mol. The molecule has 0 unspecified atom stereocenters. The number of Topliss-reactive ketones (excluding diaryl/α,β-unsaturated/α-hetero) is 1. The first-order valence-corrected chi connectivity index (χ1v) is 5.01. The van der Waals surface area contributed by atoms with E-state index in [0.29, 0.717) is 0 Å². The maximum atomic E-state index is 12.2.